The monoisotopic (exact) mass is 271 g/mol. The maximum atomic E-state index is 6.26. The highest BCUT2D eigenvalue weighted by Gasteiger charge is 2.41. The Labute approximate surface area is 119 Å². The molecule has 19 heavy (non-hydrogen) atoms. The van der Waals surface area contributed by atoms with Crippen LogP contribution in [0.1, 0.15) is 59.3 Å². The van der Waals surface area contributed by atoms with E-state index in [1.54, 1.807) is 7.11 Å². The number of likely N-dealkylation sites (N-methyl/N-ethyl adjacent to an activating group) is 1. The van der Waals surface area contributed by atoms with Gasteiger partial charge in [0.1, 0.15) is 0 Å². The van der Waals surface area contributed by atoms with Gasteiger partial charge in [0.25, 0.3) is 0 Å². The summed E-state index contributed by atoms with van der Waals surface area (Å²) in [6, 6.07) is 0.472. The summed E-state index contributed by atoms with van der Waals surface area (Å²) in [5.74, 6) is 0.856. The molecule has 0 saturated heterocycles. The maximum absolute atomic E-state index is 6.26. The summed E-state index contributed by atoms with van der Waals surface area (Å²) in [5.41, 5.74) is 0.0605. The van der Waals surface area contributed by atoms with Gasteiger partial charge in [0.15, 0.2) is 0 Å². The normalized spacial score (nSPS) is 29.4. The number of nitrogens with one attached hydrogen (secondary N) is 1. The molecular weight excluding hydrogens is 238 g/mol. The largest absolute Gasteiger partial charge is 0.385 e. The van der Waals surface area contributed by atoms with Crippen molar-refractivity contribution >= 4 is 0 Å². The molecule has 0 radical (unpaired) electrons. The van der Waals surface area contributed by atoms with Crippen molar-refractivity contribution in [2.24, 2.45) is 5.92 Å². The van der Waals surface area contributed by atoms with Crippen molar-refractivity contribution in [3.63, 3.8) is 0 Å². The Kier molecular flexibility index (Phi) is 7.96. The molecule has 1 rings (SSSR count). The maximum Gasteiger partial charge on any atom is 0.0834 e. The topological polar surface area (TPSA) is 30.5 Å². The van der Waals surface area contributed by atoms with Crippen LogP contribution in [0.3, 0.4) is 0 Å². The van der Waals surface area contributed by atoms with Crippen LogP contribution in [-0.4, -0.2) is 38.5 Å². The fourth-order valence-electron chi connectivity index (χ4n) is 3.36. The molecule has 0 aromatic carbocycles. The highest BCUT2D eigenvalue weighted by molar-refractivity contribution is 4.96. The lowest BCUT2D eigenvalue weighted by atomic mass is 9.74. The first-order chi connectivity index (χ1) is 9.18. The van der Waals surface area contributed by atoms with Gasteiger partial charge in [-0.15, -0.1) is 0 Å². The summed E-state index contributed by atoms with van der Waals surface area (Å²) < 4.78 is 11.5. The first-order valence-electron chi connectivity index (χ1n) is 8.04. The van der Waals surface area contributed by atoms with Crippen LogP contribution >= 0.6 is 0 Å². The van der Waals surface area contributed by atoms with Crippen LogP contribution in [0.2, 0.25) is 0 Å². The minimum absolute atomic E-state index is 0.0605. The summed E-state index contributed by atoms with van der Waals surface area (Å²) in [5, 5.41) is 3.67. The minimum Gasteiger partial charge on any atom is -0.385 e. The number of hydrogen-bond donors (Lipinski definition) is 1. The number of hydrogen-bond acceptors (Lipinski definition) is 3. The minimum atomic E-state index is 0.0605. The second-order valence-corrected chi connectivity index (χ2v) is 5.93. The van der Waals surface area contributed by atoms with Gasteiger partial charge < -0.3 is 14.8 Å². The van der Waals surface area contributed by atoms with E-state index >= 15 is 0 Å². The summed E-state index contributed by atoms with van der Waals surface area (Å²) >= 11 is 0. The van der Waals surface area contributed by atoms with Crippen LogP contribution in [0.25, 0.3) is 0 Å². The molecular formula is C16H33NO2. The van der Waals surface area contributed by atoms with Gasteiger partial charge in [0.05, 0.1) is 5.60 Å². The van der Waals surface area contributed by atoms with Crippen molar-refractivity contribution < 1.29 is 9.47 Å². The smallest absolute Gasteiger partial charge is 0.0834 e. The third-order valence-electron chi connectivity index (χ3n) is 4.48. The molecule has 0 aromatic heterocycles. The number of rotatable bonds is 9. The molecule has 1 fully saturated rings. The van der Waals surface area contributed by atoms with Crippen molar-refractivity contribution in [3.05, 3.63) is 0 Å². The van der Waals surface area contributed by atoms with Crippen molar-refractivity contribution in [2.45, 2.75) is 70.9 Å². The Bertz CT molecular complexity index is 225. The van der Waals surface area contributed by atoms with Gasteiger partial charge in [-0.05, 0) is 57.9 Å². The van der Waals surface area contributed by atoms with Crippen LogP contribution in [0.15, 0.2) is 0 Å². The average molecular weight is 271 g/mol. The second-order valence-electron chi connectivity index (χ2n) is 5.93. The van der Waals surface area contributed by atoms with E-state index in [4.69, 9.17) is 9.47 Å². The zero-order valence-corrected chi connectivity index (χ0v) is 13.3. The summed E-state index contributed by atoms with van der Waals surface area (Å²) in [6.45, 7) is 9.36. The third kappa shape index (κ3) is 5.05. The van der Waals surface area contributed by atoms with Gasteiger partial charge in [-0.3, -0.25) is 0 Å². The molecule has 1 aliphatic rings. The van der Waals surface area contributed by atoms with Gasteiger partial charge in [-0.1, -0.05) is 13.8 Å². The van der Waals surface area contributed by atoms with E-state index < -0.39 is 0 Å². The van der Waals surface area contributed by atoms with E-state index in [0.717, 1.165) is 38.5 Å². The van der Waals surface area contributed by atoms with E-state index in [9.17, 15) is 0 Å². The zero-order chi connectivity index (χ0) is 14.1. The van der Waals surface area contributed by atoms with Gasteiger partial charge in [-0.2, -0.15) is 0 Å². The molecule has 0 aromatic rings. The van der Waals surface area contributed by atoms with E-state index in [1.165, 1.54) is 25.7 Å². The summed E-state index contributed by atoms with van der Waals surface area (Å²) in [4.78, 5) is 0. The van der Waals surface area contributed by atoms with Crippen LogP contribution < -0.4 is 5.32 Å². The Morgan fingerprint density at radius 3 is 2.47 bits per heavy atom. The van der Waals surface area contributed by atoms with Gasteiger partial charge in [-0.25, -0.2) is 0 Å². The molecule has 0 bridgehead atoms. The fourth-order valence-corrected chi connectivity index (χ4v) is 3.36. The van der Waals surface area contributed by atoms with Crippen molar-refractivity contribution in [1.29, 1.82) is 0 Å². The van der Waals surface area contributed by atoms with Gasteiger partial charge in [0.2, 0.25) is 0 Å². The Morgan fingerprint density at radius 2 is 1.95 bits per heavy atom. The van der Waals surface area contributed by atoms with Crippen LogP contribution in [0, 0.1) is 5.92 Å². The summed E-state index contributed by atoms with van der Waals surface area (Å²) in [6.07, 6.45) is 7.26. The molecule has 0 amide bonds. The predicted molar refractivity (Wildman–Crippen MR) is 80.6 cm³/mol. The third-order valence-corrected chi connectivity index (χ3v) is 4.48. The lowest BCUT2D eigenvalue weighted by Crippen LogP contribution is -2.54. The number of ether oxygens (including phenoxy) is 2. The van der Waals surface area contributed by atoms with Crippen LogP contribution in [-0.2, 0) is 9.47 Å². The van der Waals surface area contributed by atoms with Crippen molar-refractivity contribution in [1.82, 2.24) is 5.32 Å². The van der Waals surface area contributed by atoms with E-state index in [1.807, 2.05) is 0 Å². The molecule has 1 atom stereocenters. The van der Waals surface area contributed by atoms with E-state index in [-0.39, 0.29) is 5.60 Å². The predicted octanol–water partition coefficient (Wildman–Crippen LogP) is 3.38. The number of methoxy groups -OCH3 is 1. The molecule has 114 valence electrons. The Balaban J connectivity index is 2.67. The molecule has 1 saturated carbocycles. The quantitative estimate of drug-likeness (QED) is 0.652. The first-order valence-corrected chi connectivity index (χ1v) is 8.04. The Morgan fingerprint density at radius 1 is 1.26 bits per heavy atom. The molecule has 3 heteroatoms. The van der Waals surface area contributed by atoms with E-state index in [0.29, 0.717) is 6.04 Å². The van der Waals surface area contributed by atoms with Gasteiger partial charge in [0, 0.05) is 26.4 Å². The molecule has 3 nitrogen and oxygen atoms in total. The highest BCUT2D eigenvalue weighted by atomic mass is 16.5. The molecule has 0 heterocycles. The fraction of sp³-hybridized carbons (Fsp3) is 1.00. The second kappa shape index (κ2) is 8.93. The van der Waals surface area contributed by atoms with Crippen LogP contribution in [0.4, 0.5) is 0 Å². The SMILES string of the molecule is CCNC(CCCOC)C1(OCC)CCC(C)CC1. The zero-order valence-electron chi connectivity index (χ0n) is 13.3. The molecule has 1 aliphatic carbocycles. The average Bonchev–Trinajstić information content (AvgIpc) is 2.41. The first kappa shape index (κ1) is 16.9. The van der Waals surface area contributed by atoms with Gasteiger partial charge >= 0.3 is 0 Å². The lowest BCUT2D eigenvalue weighted by Gasteiger charge is -2.45. The van der Waals surface area contributed by atoms with E-state index in [2.05, 4.69) is 26.1 Å². The molecule has 1 unspecified atom stereocenters. The molecule has 0 spiro atoms. The van der Waals surface area contributed by atoms with Crippen molar-refractivity contribution in [3.8, 4) is 0 Å². The Hall–Kier alpha value is -0.120. The highest BCUT2D eigenvalue weighted by Crippen LogP contribution is 2.38. The van der Waals surface area contributed by atoms with Crippen molar-refractivity contribution in [2.75, 3.05) is 26.9 Å². The summed E-state index contributed by atoms with van der Waals surface area (Å²) in [7, 11) is 1.78. The van der Waals surface area contributed by atoms with Crippen LogP contribution in [0.5, 0.6) is 0 Å². The standard InChI is InChI=1S/C16H33NO2/c1-5-17-15(8-7-13-18-4)16(19-6-2)11-9-14(3)10-12-16/h14-15,17H,5-13H2,1-4H3. The lowest BCUT2D eigenvalue weighted by molar-refractivity contribution is -0.0983. The molecule has 1 N–H and O–H groups in total. The molecule has 0 aliphatic heterocycles.